The largest absolute Gasteiger partial charge is 0.449 e. The van der Waals surface area contributed by atoms with E-state index in [9.17, 15) is 0 Å². The van der Waals surface area contributed by atoms with Crippen LogP contribution in [-0.4, -0.2) is 14.5 Å². The molecule has 0 fully saturated rings. The molecule has 9 rings (SSSR count). The third-order valence-electron chi connectivity index (χ3n) is 9.58. The summed E-state index contributed by atoms with van der Waals surface area (Å²) in [6, 6.07) is 49.9. The standard InChI is InChI=1S/C48H35N3O2/c1-3-5-7-14-32(4-2)40-31-41(34-15-8-6-9-16-34)50-48(49-40)36-24-28-45-47(30-36)53-44-27-23-35(29-46(44)52-45)33-21-25-37(26-22-33)51-42-19-12-10-17-38(42)39-18-11-13-20-43(39)51/h4-31H,2-3H2,1H3/b7-5-,32-14+. The number of hydrogen-bond donors (Lipinski definition) is 0. The fourth-order valence-electron chi connectivity index (χ4n) is 6.95. The molecular weight excluding hydrogens is 651 g/mol. The van der Waals surface area contributed by atoms with E-state index in [4.69, 9.17) is 19.4 Å². The summed E-state index contributed by atoms with van der Waals surface area (Å²) in [4.78, 5) is 9.98. The third kappa shape index (κ3) is 5.98. The van der Waals surface area contributed by atoms with E-state index in [1.165, 1.54) is 21.8 Å². The highest BCUT2D eigenvalue weighted by atomic mass is 16.6. The van der Waals surface area contributed by atoms with Gasteiger partial charge in [0.05, 0.1) is 22.4 Å². The molecule has 53 heavy (non-hydrogen) atoms. The molecular formula is C48H35N3O2. The number of nitrogens with zero attached hydrogens (tertiary/aromatic N) is 3. The van der Waals surface area contributed by atoms with Crippen LogP contribution in [0.4, 0.5) is 0 Å². The van der Waals surface area contributed by atoms with Crippen molar-refractivity contribution in [3.63, 3.8) is 0 Å². The van der Waals surface area contributed by atoms with Crippen molar-refractivity contribution in [1.29, 1.82) is 0 Å². The van der Waals surface area contributed by atoms with Crippen LogP contribution in [0.2, 0.25) is 0 Å². The van der Waals surface area contributed by atoms with Gasteiger partial charge in [0.25, 0.3) is 0 Å². The third-order valence-corrected chi connectivity index (χ3v) is 9.58. The Morgan fingerprint density at radius 3 is 1.87 bits per heavy atom. The second-order valence-electron chi connectivity index (χ2n) is 12.9. The van der Waals surface area contributed by atoms with E-state index >= 15 is 0 Å². The topological polar surface area (TPSA) is 49.2 Å². The molecule has 0 atom stereocenters. The Labute approximate surface area is 308 Å². The van der Waals surface area contributed by atoms with Gasteiger partial charge in [0, 0.05) is 27.6 Å². The molecule has 0 saturated carbocycles. The maximum absolute atomic E-state index is 6.44. The predicted octanol–water partition coefficient (Wildman–Crippen LogP) is 13.0. The number of ether oxygens (including phenoxy) is 2. The van der Waals surface area contributed by atoms with Crippen LogP contribution in [-0.2, 0) is 0 Å². The van der Waals surface area contributed by atoms with Crippen molar-refractivity contribution in [2.24, 2.45) is 0 Å². The van der Waals surface area contributed by atoms with Crippen LogP contribution in [0.3, 0.4) is 0 Å². The van der Waals surface area contributed by atoms with Crippen molar-refractivity contribution >= 4 is 27.4 Å². The molecule has 8 aromatic rings. The highest BCUT2D eigenvalue weighted by Crippen LogP contribution is 2.48. The van der Waals surface area contributed by atoms with Crippen molar-refractivity contribution in [2.75, 3.05) is 0 Å². The molecule has 0 bridgehead atoms. The zero-order valence-corrected chi connectivity index (χ0v) is 29.2. The Kier molecular flexibility index (Phi) is 8.22. The normalized spacial score (nSPS) is 12.4. The van der Waals surface area contributed by atoms with Crippen LogP contribution in [0.25, 0.3) is 66.8 Å². The first kappa shape index (κ1) is 32.0. The molecule has 3 heterocycles. The molecule has 0 aliphatic carbocycles. The van der Waals surface area contributed by atoms with Gasteiger partial charge in [-0.15, -0.1) is 0 Å². The summed E-state index contributed by atoms with van der Waals surface area (Å²) in [5.74, 6) is 3.15. The summed E-state index contributed by atoms with van der Waals surface area (Å²) >= 11 is 0. The zero-order chi connectivity index (χ0) is 35.7. The predicted molar refractivity (Wildman–Crippen MR) is 217 cm³/mol. The number of fused-ring (bicyclic) bond motifs is 5. The molecule has 0 amide bonds. The van der Waals surface area contributed by atoms with Crippen molar-refractivity contribution < 1.29 is 9.47 Å². The lowest BCUT2D eigenvalue weighted by atomic mass is 10.0. The van der Waals surface area contributed by atoms with E-state index in [-0.39, 0.29) is 0 Å². The highest BCUT2D eigenvalue weighted by molar-refractivity contribution is 6.09. The van der Waals surface area contributed by atoms with Gasteiger partial charge in [-0.05, 0) is 83.8 Å². The van der Waals surface area contributed by atoms with E-state index in [1.807, 2.05) is 72.8 Å². The molecule has 254 valence electrons. The number of hydrogen-bond acceptors (Lipinski definition) is 4. The molecule has 0 N–H and O–H groups in total. The number of para-hydroxylation sites is 2. The zero-order valence-electron chi connectivity index (χ0n) is 29.2. The van der Waals surface area contributed by atoms with Gasteiger partial charge in [0.1, 0.15) is 0 Å². The van der Waals surface area contributed by atoms with Gasteiger partial charge in [0.2, 0.25) is 0 Å². The molecule has 1 aliphatic heterocycles. The van der Waals surface area contributed by atoms with Gasteiger partial charge in [-0.1, -0.05) is 123 Å². The number of benzene rings is 6. The van der Waals surface area contributed by atoms with Gasteiger partial charge in [-0.2, -0.15) is 0 Å². The summed E-state index contributed by atoms with van der Waals surface area (Å²) < 4.78 is 15.2. The minimum atomic E-state index is 0.588. The monoisotopic (exact) mass is 685 g/mol. The molecule has 0 spiro atoms. The highest BCUT2D eigenvalue weighted by Gasteiger charge is 2.22. The first-order valence-corrected chi connectivity index (χ1v) is 17.8. The molecule has 0 saturated heterocycles. The minimum absolute atomic E-state index is 0.588. The van der Waals surface area contributed by atoms with Gasteiger partial charge < -0.3 is 14.0 Å². The fraction of sp³-hybridized carbons (Fsp3) is 0.0417. The van der Waals surface area contributed by atoms with Gasteiger partial charge in [-0.25, -0.2) is 9.97 Å². The van der Waals surface area contributed by atoms with E-state index < -0.39 is 0 Å². The van der Waals surface area contributed by atoms with Crippen LogP contribution >= 0.6 is 0 Å². The molecule has 0 radical (unpaired) electrons. The van der Waals surface area contributed by atoms with Crippen LogP contribution in [0.5, 0.6) is 23.0 Å². The summed E-state index contributed by atoms with van der Waals surface area (Å²) in [7, 11) is 0. The summed E-state index contributed by atoms with van der Waals surface area (Å²) in [5.41, 5.74) is 9.99. The van der Waals surface area contributed by atoms with E-state index in [0.29, 0.717) is 28.8 Å². The SMILES string of the molecule is C=C/C(=C\C=C/CC)c1cc(-c2ccccc2)nc(-c2ccc3c(c2)Oc2ccc(-c4ccc(-n5c6ccccc6c6ccccc65)cc4)cc2O3)n1. The molecule has 5 nitrogen and oxygen atoms in total. The van der Waals surface area contributed by atoms with Crippen LogP contribution in [0.1, 0.15) is 19.0 Å². The molecule has 1 aliphatic rings. The lowest BCUT2D eigenvalue weighted by Crippen LogP contribution is -2.01. The van der Waals surface area contributed by atoms with Gasteiger partial charge in [0.15, 0.2) is 28.8 Å². The van der Waals surface area contributed by atoms with Crippen LogP contribution < -0.4 is 9.47 Å². The van der Waals surface area contributed by atoms with Crippen molar-refractivity contribution in [3.8, 4) is 62.5 Å². The fourth-order valence-corrected chi connectivity index (χ4v) is 6.95. The minimum Gasteiger partial charge on any atom is -0.449 e. The van der Waals surface area contributed by atoms with Crippen LogP contribution in [0, 0.1) is 0 Å². The van der Waals surface area contributed by atoms with Crippen molar-refractivity contribution in [3.05, 3.63) is 182 Å². The lowest BCUT2D eigenvalue weighted by Gasteiger charge is -2.22. The second-order valence-corrected chi connectivity index (χ2v) is 12.9. The average Bonchev–Trinajstić information content (AvgIpc) is 3.56. The molecule has 2 aromatic heterocycles. The Bertz CT molecular complexity index is 2670. The van der Waals surface area contributed by atoms with E-state index in [1.54, 1.807) is 0 Å². The number of aromatic nitrogens is 3. The van der Waals surface area contributed by atoms with E-state index in [2.05, 4.69) is 115 Å². The van der Waals surface area contributed by atoms with Crippen LogP contribution in [0.15, 0.2) is 176 Å². The second kappa shape index (κ2) is 13.6. The Morgan fingerprint density at radius 1 is 0.604 bits per heavy atom. The Balaban J connectivity index is 1.01. The quantitative estimate of drug-likeness (QED) is 0.149. The lowest BCUT2D eigenvalue weighted by molar-refractivity contribution is 0.360. The molecule has 6 aromatic carbocycles. The molecule has 5 heteroatoms. The van der Waals surface area contributed by atoms with Crippen molar-refractivity contribution in [1.82, 2.24) is 14.5 Å². The summed E-state index contributed by atoms with van der Waals surface area (Å²) in [5, 5.41) is 2.50. The smallest absolute Gasteiger partial charge is 0.170 e. The first-order valence-electron chi connectivity index (χ1n) is 17.8. The summed E-state index contributed by atoms with van der Waals surface area (Å²) in [6.45, 7) is 6.17. The Morgan fingerprint density at radius 2 is 1.21 bits per heavy atom. The Hall–Kier alpha value is -6.98. The average molecular weight is 686 g/mol. The van der Waals surface area contributed by atoms with Crippen molar-refractivity contribution in [2.45, 2.75) is 13.3 Å². The maximum atomic E-state index is 6.44. The maximum Gasteiger partial charge on any atom is 0.170 e. The molecule has 0 unspecified atom stereocenters. The summed E-state index contributed by atoms with van der Waals surface area (Å²) in [6.07, 6.45) is 8.96. The van der Waals surface area contributed by atoms with E-state index in [0.717, 1.165) is 51.3 Å². The number of allylic oxidation sites excluding steroid dienone is 5. The first-order chi connectivity index (χ1) is 26.2. The number of rotatable bonds is 8. The van der Waals surface area contributed by atoms with Gasteiger partial charge in [-0.3, -0.25) is 0 Å². The van der Waals surface area contributed by atoms with Gasteiger partial charge >= 0.3 is 0 Å².